The van der Waals surface area contributed by atoms with E-state index in [-0.39, 0.29) is 11.7 Å². The van der Waals surface area contributed by atoms with E-state index >= 15 is 0 Å². The second kappa shape index (κ2) is 6.98. The molecule has 7 heteroatoms. The van der Waals surface area contributed by atoms with Gasteiger partial charge >= 0.3 is 6.09 Å². The highest BCUT2D eigenvalue weighted by Crippen LogP contribution is 2.17. The van der Waals surface area contributed by atoms with E-state index in [1.54, 1.807) is 37.8 Å². The number of pyridine rings is 1. The normalized spacial score (nSPS) is 15.3. The molecular weight excluding hydrogens is 310 g/mol. The van der Waals surface area contributed by atoms with Crippen LogP contribution in [0.2, 0.25) is 0 Å². The highest BCUT2D eigenvalue weighted by Gasteiger charge is 2.25. The summed E-state index contributed by atoms with van der Waals surface area (Å²) < 4.78 is 0. The molecule has 0 radical (unpaired) electrons. The number of aromatic nitrogens is 1. The number of rotatable bonds is 4. The number of hydrogen-bond donors (Lipinski definition) is 2. The van der Waals surface area contributed by atoms with E-state index in [0.29, 0.717) is 43.6 Å². The van der Waals surface area contributed by atoms with Crippen molar-refractivity contribution >= 4 is 17.8 Å². The molecule has 0 unspecified atom stereocenters. The molecule has 2 N–H and O–H groups in total. The van der Waals surface area contributed by atoms with E-state index in [1.165, 1.54) is 0 Å². The van der Waals surface area contributed by atoms with E-state index in [9.17, 15) is 14.4 Å². The predicted molar refractivity (Wildman–Crippen MR) is 88.1 cm³/mol. The van der Waals surface area contributed by atoms with Crippen LogP contribution in [0.5, 0.6) is 0 Å². The third-order valence-electron chi connectivity index (χ3n) is 4.05. The summed E-state index contributed by atoms with van der Waals surface area (Å²) >= 11 is 0. The molecular formula is C17H23N3O4. The van der Waals surface area contributed by atoms with Crippen molar-refractivity contribution in [3.8, 4) is 0 Å². The van der Waals surface area contributed by atoms with Crippen molar-refractivity contribution < 1.29 is 19.5 Å². The lowest BCUT2D eigenvalue weighted by Crippen LogP contribution is -2.44. The van der Waals surface area contributed by atoms with Crippen LogP contribution >= 0.6 is 0 Å². The minimum absolute atomic E-state index is 0.109. The summed E-state index contributed by atoms with van der Waals surface area (Å²) in [5.41, 5.74) is 1.21. The molecule has 1 aliphatic heterocycles. The maximum atomic E-state index is 12.6. The highest BCUT2D eigenvalue weighted by atomic mass is 16.4. The minimum atomic E-state index is -1.08. The standard InChI is InChI=1S/C17H23N3O4/c1-11-14(15(22)20-8-6-13(21)7-9-20)5-4-12(18-11)10-17(2,3)19-16(23)24/h4-5,19H,6-10H2,1-3H3,(H,23,24). The summed E-state index contributed by atoms with van der Waals surface area (Å²) in [6.07, 6.45) is 0.159. The Hall–Kier alpha value is -2.44. The number of aryl methyl sites for hydroxylation is 1. The van der Waals surface area contributed by atoms with Crippen molar-refractivity contribution in [2.24, 2.45) is 0 Å². The number of amides is 2. The third-order valence-corrected chi connectivity index (χ3v) is 4.05. The lowest BCUT2D eigenvalue weighted by atomic mass is 9.97. The molecule has 0 aliphatic carbocycles. The highest BCUT2D eigenvalue weighted by molar-refractivity contribution is 5.96. The minimum Gasteiger partial charge on any atom is -0.465 e. The fourth-order valence-electron chi connectivity index (χ4n) is 2.85. The first-order valence-electron chi connectivity index (χ1n) is 7.96. The molecule has 2 heterocycles. The zero-order chi connectivity index (χ0) is 17.9. The monoisotopic (exact) mass is 333 g/mol. The number of carboxylic acid groups (broad SMARTS) is 1. The van der Waals surface area contributed by atoms with E-state index in [4.69, 9.17) is 5.11 Å². The fourth-order valence-corrected chi connectivity index (χ4v) is 2.85. The van der Waals surface area contributed by atoms with Crippen molar-refractivity contribution in [1.29, 1.82) is 0 Å². The number of ketones is 1. The van der Waals surface area contributed by atoms with Gasteiger partial charge in [-0.2, -0.15) is 0 Å². The topological polar surface area (TPSA) is 99.6 Å². The van der Waals surface area contributed by atoms with Crippen LogP contribution in [0.1, 0.15) is 48.4 Å². The van der Waals surface area contributed by atoms with E-state index in [2.05, 4.69) is 10.3 Å². The molecule has 130 valence electrons. The molecule has 1 aromatic rings. The lowest BCUT2D eigenvalue weighted by molar-refractivity contribution is -0.120. The van der Waals surface area contributed by atoms with Crippen molar-refractivity contribution in [3.63, 3.8) is 0 Å². The summed E-state index contributed by atoms with van der Waals surface area (Å²) in [6, 6.07) is 3.48. The van der Waals surface area contributed by atoms with Gasteiger partial charge in [0.15, 0.2) is 0 Å². The van der Waals surface area contributed by atoms with Crippen LogP contribution in [0.25, 0.3) is 0 Å². The number of nitrogens with zero attached hydrogens (tertiary/aromatic N) is 2. The van der Waals surface area contributed by atoms with Gasteiger partial charge in [-0.25, -0.2) is 4.79 Å². The van der Waals surface area contributed by atoms with Gasteiger partial charge in [-0.15, -0.1) is 0 Å². The Labute approximate surface area is 141 Å². The Balaban J connectivity index is 2.10. The summed E-state index contributed by atoms with van der Waals surface area (Å²) in [4.78, 5) is 40.8. The number of piperidine rings is 1. The van der Waals surface area contributed by atoms with Gasteiger partial charge in [0, 0.05) is 43.6 Å². The number of carbonyl (C=O) groups excluding carboxylic acids is 2. The first-order valence-corrected chi connectivity index (χ1v) is 7.96. The molecule has 1 fully saturated rings. The molecule has 1 saturated heterocycles. The second-order valence-electron chi connectivity index (χ2n) is 6.76. The predicted octanol–water partition coefficient (Wildman–Crippen LogP) is 1.78. The van der Waals surface area contributed by atoms with Crippen LogP contribution in [0.4, 0.5) is 4.79 Å². The molecule has 1 aromatic heterocycles. The first kappa shape index (κ1) is 17.9. The summed E-state index contributed by atoms with van der Waals surface area (Å²) in [5.74, 6) is 0.0828. The summed E-state index contributed by atoms with van der Waals surface area (Å²) in [6.45, 7) is 6.23. The molecule has 0 aromatic carbocycles. The molecule has 0 saturated carbocycles. The number of Topliss-reactive ketones (excluding diaryl/α,β-unsaturated/α-hetero) is 1. The Morgan fingerprint density at radius 2 is 1.92 bits per heavy atom. The molecule has 7 nitrogen and oxygen atoms in total. The maximum absolute atomic E-state index is 12.6. The Bertz CT molecular complexity index is 660. The van der Waals surface area contributed by atoms with Gasteiger partial charge in [0.25, 0.3) is 5.91 Å². The van der Waals surface area contributed by atoms with Gasteiger partial charge in [0.1, 0.15) is 5.78 Å². The molecule has 1 aliphatic rings. The van der Waals surface area contributed by atoms with Crippen molar-refractivity contribution in [2.45, 2.75) is 45.6 Å². The van der Waals surface area contributed by atoms with Gasteiger partial charge in [-0.3, -0.25) is 14.6 Å². The van der Waals surface area contributed by atoms with E-state index < -0.39 is 11.6 Å². The molecule has 24 heavy (non-hydrogen) atoms. The quantitative estimate of drug-likeness (QED) is 0.875. The average Bonchev–Trinajstić information content (AvgIpc) is 2.45. The smallest absolute Gasteiger partial charge is 0.405 e. The Morgan fingerprint density at radius 3 is 2.46 bits per heavy atom. The lowest BCUT2D eigenvalue weighted by Gasteiger charge is -2.27. The number of nitrogens with one attached hydrogen (secondary N) is 1. The SMILES string of the molecule is Cc1nc(CC(C)(C)NC(=O)O)ccc1C(=O)N1CCC(=O)CC1. The van der Waals surface area contributed by atoms with Gasteiger partial charge in [-0.1, -0.05) is 0 Å². The second-order valence-corrected chi connectivity index (χ2v) is 6.76. The first-order chi connectivity index (χ1) is 11.2. The van der Waals surface area contributed by atoms with Gasteiger partial charge < -0.3 is 15.3 Å². The fraction of sp³-hybridized carbons (Fsp3) is 0.529. The number of hydrogen-bond acceptors (Lipinski definition) is 4. The van der Waals surface area contributed by atoms with Crippen LogP contribution in [0, 0.1) is 6.92 Å². The van der Waals surface area contributed by atoms with Crippen molar-refractivity contribution in [1.82, 2.24) is 15.2 Å². The van der Waals surface area contributed by atoms with Crippen LogP contribution in [0.3, 0.4) is 0 Å². The van der Waals surface area contributed by atoms with Gasteiger partial charge in [0.2, 0.25) is 0 Å². The molecule has 0 bridgehead atoms. The van der Waals surface area contributed by atoms with Crippen LogP contribution in [-0.2, 0) is 11.2 Å². The Kier molecular flexibility index (Phi) is 5.21. The summed E-state index contributed by atoms with van der Waals surface area (Å²) in [5, 5.41) is 11.3. The number of likely N-dealkylation sites (tertiary alicyclic amines) is 1. The third kappa shape index (κ3) is 4.53. The van der Waals surface area contributed by atoms with Crippen LogP contribution < -0.4 is 5.32 Å². The van der Waals surface area contributed by atoms with E-state index in [1.807, 2.05) is 0 Å². The van der Waals surface area contributed by atoms with Gasteiger partial charge in [-0.05, 0) is 32.9 Å². The van der Waals surface area contributed by atoms with E-state index in [0.717, 1.165) is 5.69 Å². The van der Waals surface area contributed by atoms with Crippen molar-refractivity contribution in [2.75, 3.05) is 13.1 Å². The zero-order valence-electron chi connectivity index (χ0n) is 14.3. The van der Waals surface area contributed by atoms with Gasteiger partial charge in [0.05, 0.1) is 11.3 Å². The molecule has 0 spiro atoms. The number of carbonyl (C=O) groups is 3. The molecule has 2 rings (SSSR count). The van der Waals surface area contributed by atoms with Crippen LogP contribution in [-0.4, -0.2) is 51.4 Å². The van der Waals surface area contributed by atoms with Crippen LogP contribution in [0.15, 0.2) is 12.1 Å². The summed E-state index contributed by atoms with van der Waals surface area (Å²) in [7, 11) is 0. The molecule has 0 atom stereocenters. The average molecular weight is 333 g/mol. The van der Waals surface area contributed by atoms with Crippen molar-refractivity contribution in [3.05, 3.63) is 29.1 Å². The largest absolute Gasteiger partial charge is 0.465 e. The molecule has 2 amide bonds. The maximum Gasteiger partial charge on any atom is 0.405 e. The Morgan fingerprint density at radius 1 is 1.29 bits per heavy atom. The zero-order valence-corrected chi connectivity index (χ0v) is 14.3.